The summed E-state index contributed by atoms with van der Waals surface area (Å²) in [5, 5.41) is 14.0. The number of rotatable bonds is 10. The minimum Gasteiger partial charge on any atom is -0.465 e. The van der Waals surface area contributed by atoms with Crippen molar-refractivity contribution in [2.75, 3.05) is 13.1 Å². The van der Waals surface area contributed by atoms with Crippen LogP contribution in [0, 0.1) is 0 Å². The van der Waals surface area contributed by atoms with Crippen LogP contribution in [-0.4, -0.2) is 28.6 Å². The molecule has 0 spiro atoms. The van der Waals surface area contributed by atoms with Crippen molar-refractivity contribution in [2.45, 2.75) is 44.9 Å². The summed E-state index contributed by atoms with van der Waals surface area (Å²) < 4.78 is 2.31. The fourth-order valence-electron chi connectivity index (χ4n) is 2.79. The molecule has 2 rings (SSSR count). The van der Waals surface area contributed by atoms with Crippen LogP contribution in [0.1, 0.15) is 50.5 Å². The van der Waals surface area contributed by atoms with E-state index >= 15 is 0 Å². The molecule has 4 nitrogen and oxygen atoms in total. The monoisotopic (exact) mass is 360 g/mol. The molecule has 25 heavy (non-hydrogen) atoms. The number of unbranched alkanes of at least 4 members (excludes halogenated alkanes) is 2. The van der Waals surface area contributed by atoms with Crippen molar-refractivity contribution in [2.24, 2.45) is 0 Å². The van der Waals surface area contributed by atoms with E-state index in [2.05, 4.69) is 41.7 Å². The third-order valence-corrected chi connectivity index (χ3v) is 5.38. The lowest BCUT2D eigenvalue weighted by atomic mass is 10.0. The van der Waals surface area contributed by atoms with Gasteiger partial charge in [0.05, 0.1) is 0 Å². The molecule has 0 saturated heterocycles. The Hall–Kier alpha value is -1.72. The fourth-order valence-corrected chi connectivity index (χ4v) is 4.03. The maximum Gasteiger partial charge on any atom is 0.405 e. The van der Waals surface area contributed by atoms with Gasteiger partial charge >= 0.3 is 6.09 Å². The molecule has 2 aromatic rings. The Morgan fingerprint density at radius 2 is 1.72 bits per heavy atom. The highest BCUT2D eigenvalue weighted by Gasteiger charge is 2.20. The highest BCUT2D eigenvalue weighted by atomic mass is 32.2. The van der Waals surface area contributed by atoms with Crippen molar-refractivity contribution in [3.63, 3.8) is 0 Å². The number of carboxylic acid groups (broad SMARTS) is 1. The Labute approximate surface area is 154 Å². The molecule has 0 aromatic heterocycles. The number of nitrogens with one attached hydrogen (secondary N) is 1. The predicted molar refractivity (Wildman–Crippen MR) is 107 cm³/mol. The third kappa shape index (κ3) is 5.94. The zero-order valence-corrected chi connectivity index (χ0v) is 15.9. The van der Waals surface area contributed by atoms with Gasteiger partial charge in [0, 0.05) is 13.1 Å². The van der Waals surface area contributed by atoms with Gasteiger partial charge in [0.2, 0.25) is 0 Å². The minimum absolute atomic E-state index is 0.308. The van der Waals surface area contributed by atoms with Gasteiger partial charge in [-0.3, -0.25) is 0 Å². The van der Waals surface area contributed by atoms with Crippen LogP contribution in [0.2, 0.25) is 0 Å². The van der Waals surface area contributed by atoms with E-state index < -0.39 is 6.09 Å². The van der Waals surface area contributed by atoms with Crippen LogP contribution in [0.5, 0.6) is 0 Å². The maximum absolute atomic E-state index is 11.4. The number of amides is 1. The molecule has 0 aliphatic heterocycles. The molecule has 0 saturated carbocycles. The first kappa shape index (κ1) is 19.6. The van der Waals surface area contributed by atoms with Gasteiger partial charge in [-0.05, 0) is 41.1 Å². The van der Waals surface area contributed by atoms with Crippen LogP contribution in [0.3, 0.4) is 0 Å². The molecule has 0 bridgehead atoms. The second-order valence-corrected chi connectivity index (χ2v) is 7.34. The van der Waals surface area contributed by atoms with Crippen LogP contribution >= 0.6 is 11.9 Å². The third-order valence-electron chi connectivity index (χ3n) is 4.14. The molecule has 0 aliphatic carbocycles. The van der Waals surface area contributed by atoms with Crippen LogP contribution in [-0.2, 0) is 0 Å². The van der Waals surface area contributed by atoms with Gasteiger partial charge in [-0.25, -0.2) is 9.10 Å². The molecule has 0 heterocycles. The highest BCUT2D eigenvalue weighted by Crippen LogP contribution is 2.34. The summed E-state index contributed by atoms with van der Waals surface area (Å²) in [6, 6.07) is 14.2. The van der Waals surface area contributed by atoms with Gasteiger partial charge in [0.15, 0.2) is 0 Å². The van der Waals surface area contributed by atoms with E-state index in [1.54, 1.807) is 11.9 Å². The van der Waals surface area contributed by atoms with Crippen molar-refractivity contribution in [1.82, 2.24) is 9.62 Å². The van der Waals surface area contributed by atoms with Crippen molar-refractivity contribution < 1.29 is 9.90 Å². The van der Waals surface area contributed by atoms with E-state index in [0.717, 1.165) is 55.1 Å². The summed E-state index contributed by atoms with van der Waals surface area (Å²) in [6.45, 7) is 6.31. The number of nitrogens with zero attached hydrogens (tertiary/aromatic N) is 1. The standard InChI is InChI=1S/C20H28N2O2S/c1-3-5-14-22(15-6-4-2)25-19(21-20(23)24)18-13-9-11-16-10-7-8-12-17(16)18/h7-13,19,21H,3-6,14-15H2,1-2H3,(H,23,24). The van der Waals surface area contributed by atoms with E-state index in [0.29, 0.717) is 0 Å². The molecule has 1 unspecified atom stereocenters. The molecular formula is C20H28N2O2S. The first-order valence-electron chi connectivity index (χ1n) is 9.04. The van der Waals surface area contributed by atoms with E-state index in [4.69, 9.17) is 0 Å². The van der Waals surface area contributed by atoms with Crippen LogP contribution in [0.4, 0.5) is 4.79 Å². The van der Waals surface area contributed by atoms with Gasteiger partial charge in [-0.15, -0.1) is 0 Å². The summed E-state index contributed by atoms with van der Waals surface area (Å²) in [7, 11) is 0. The number of carbonyl (C=O) groups is 1. The normalized spacial score (nSPS) is 12.4. The smallest absolute Gasteiger partial charge is 0.405 e. The maximum atomic E-state index is 11.4. The topological polar surface area (TPSA) is 52.6 Å². The van der Waals surface area contributed by atoms with Crippen molar-refractivity contribution in [1.29, 1.82) is 0 Å². The zero-order valence-electron chi connectivity index (χ0n) is 15.1. The van der Waals surface area contributed by atoms with E-state index in [1.165, 1.54) is 0 Å². The van der Waals surface area contributed by atoms with E-state index in [-0.39, 0.29) is 5.37 Å². The summed E-state index contributed by atoms with van der Waals surface area (Å²) in [5.74, 6) is 0. The molecule has 1 atom stereocenters. The first-order valence-corrected chi connectivity index (χ1v) is 9.88. The Balaban J connectivity index is 2.28. The second kappa shape index (κ2) is 10.3. The number of benzene rings is 2. The Bertz CT molecular complexity index is 664. The second-order valence-electron chi connectivity index (χ2n) is 6.14. The molecular weight excluding hydrogens is 332 g/mol. The van der Waals surface area contributed by atoms with Gasteiger partial charge < -0.3 is 10.4 Å². The quantitative estimate of drug-likeness (QED) is 0.424. The van der Waals surface area contributed by atoms with Gasteiger partial charge in [-0.1, -0.05) is 69.2 Å². The zero-order chi connectivity index (χ0) is 18.1. The minimum atomic E-state index is -0.989. The van der Waals surface area contributed by atoms with E-state index in [9.17, 15) is 9.90 Å². The molecule has 0 aliphatic rings. The Kier molecular flexibility index (Phi) is 8.09. The summed E-state index contributed by atoms with van der Waals surface area (Å²) in [4.78, 5) is 11.4. The SMILES string of the molecule is CCCCN(CCCC)SC(NC(=O)O)c1cccc2ccccc12. The van der Waals surface area contributed by atoms with Crippen LogP contribution in [0.15, 0.2) is 42.5 Å². The molecule has 5 heteroatoms. The average molecular weight is 361 g/mol. The van der Waals surface area contributed by atoms with Gasteiger partial charge in [0.25, 0.3) is 0 Å². The lowest BCUT2D eigenvalue weighted by Crippen LogP contribution is -2.29. The summed E-state index contributed by atoms with van der Waals surface area (Å²) in [5.41, 5.74) is 1.02. The van der Waals surface area contributed by atoms with Crippen molar-refractivity contribution in [3.8, 4) is 0 Å². The van der Waals surface area contributed by atoms with Crippen LogP contribution < -0.4 is 5.32 Å². The van der Waals surface area contributed by atoms with Gasteiger partial charge in [-0.2, -0.15) is 0 Å². The fraction of sp³-hybridized carbons (Fsp3) is 0.450. The predicted octanol–water partition coefficient (Wildman–Crippen LogP) is 5.66. The van der Waals surface area contributed by atoms with Crippen molar-refractivity contribution >= 4 is 28.8 Å². The number of hydrogen-bond donors (Lipinski definition) is 2. The Morgan fingerprint density at radius 3 is 2.36 bits per heavy atom. The van der Waals surface area contributed by atoms with E-state index in [1.807, 2.05) is 24.3 Å². The lowest BCUT2D eigenvalue weighted by molar-refractivity contribution is 0.193. The molecule has 0 radical (unpaired) electrons. The lowest BCUT2D eigenvalue weighted by Gasteiger charge is -2.27. The summed E-state index contributed by atoms with van der Waals surface area (Å²) in [6.07, 6.45) is 3.51. The summed E-state index contributed by atoms with van der Waals surface area (Å²) >= 11 is 1.61. The molecule has 1 amide bonds. The molecule has 2 aromatic carbocycles. The highest BCUT2D eigenvalue weighted by molar-refractivity contribution is 7.97. The first-order chi connectivity index (χ1) is 12.2. The number of hydrogen-bond acceptors (Lipinski definition) is 3. The van der Waals surface area contributed by atoms with Crippen LogP contribution in [0.25, 0.3) is 10.8 Å². The molecule has 136 valence electrons. The Morgan fingerprint density at radius 1 is 1.08 bits per heavy atom. The number of fused-ring (bicyclic) bond motifs is 1. The molecule has 2 N–H and O–H groups in total. The van der Waals surface area contributed by atoms with Crippen molar-refractivity contribution in [3.05, 3.63) is 48.0 Å². The molecule has 0 fully saturated rings. The largest absolute Gasteiger partial charge is 0.465 e. The average Bonchev–Trinajstić information content (AvgIpc) is 2.62. The van der Waals surface area contributed by atoms with Gasteiger partial charge in [0.1, 0.15) is 5.37 Å².